The van der Waals surface area contributed by atoms with Crippen molar-refractivity contribution in [1.82, 2.24) is 9.97 Å². The van der Waals surface area contributed by atoms with E-state index in [4.69, 9.17) is 9.73 Å². The van der Waals surface area contributed by atoms with Crippen molar-refractivity contribution in [3.05, 3.63) is 63.8 Å². The van der Waals surface area contributed by atoms with Gasteiger partial charge in [-0.2, -0.15) is 0 Å². The van der Waals surface area contributed by atoms with E-state index in [1.165, 1.54) is 10.3 Å². The van der Waals surface area contributed by atoms with Gasteiger partial charge in [-0.25, -0.2) is 4.99 Å². The van der Waals surface area contributed by atoms with E-state index in [1.807, 2.05) is 12.2 Å². The molecule has 0 unspecified atom stereocenters. The van der Waals surface area contributed by atoms with Gasteiger partial charge in [0.1, 0.15) is 11.5 Å². The minimum absolute atomic E-state index is 0.782. The van der Waals surface area contributed by atoms with Crippen LogP contribution in [-0.4, -0.2) is 22.8 Å². The van der Waals surface area contributed by atoms with Crippen LogP contribution in [0.25, 0.3) is 16.3 Å². The zero-order chi connectivity index (χ0) is 16.0. The van der Waals surface area contributed by atoms with E-state index in [2.05, 4.69) is 47.4 Å². The maximum atomic E-state index is 5.50. The van der Waals surface area contributed by atoms with Gasteiger partial charge >= 0.3 is 0 Å². The van der Waals surface area contributed by atoms with Gasteiger partial charge in [0.05, 0.1) is 28.7 Å². The summed E-state index contributed by atoms with van der Waals surface area (Å²) in [6.07, 6.45) is 4.02. The molecule has 3 aromatic heterocycles. The highest BCUT2D eigenvalue weighted by Gasteiger charge is 2.18. The number of fused-ring (bicyclic) bond motifs is 1. The summed E-state index contributed by atoms with van der Waals surface area (Å²) >= 11 is 1.72. The molecule has 0 atom stereocenters. The summed E-state index contributed by atoms with van der Waals surface area (Å²) in [5.41, 5.74) is 7.32. The molecule has 4 heterocycles. The number of hydrogen-bond donors (Lipinski definition) is 2. The van der Waals surface area contributed by atoms with Crippen molar-refractivity contribution in [3.8, 4) is 0 Å². The Labute approximate surface area is 138 Å². The second kappa shape index (κ2) is 5.28. The quantitative estimate of drug-likeness (QED) is 0.730. The van der Waals surface area contributed by atoms with Gasteiger partial charge < -0.3 is 14.7 Å². The smallest absolute Gasteiger partial charge is 0.146 e. The average Bonchev–Trinajstić information content (AvgIpc) is 3.23. The summed E-state index contributed by atoms with van der Waals surface area (Å²) in [6.45, 7) is 4.14. The van der Waals surface area contributed by atoms with E-state index in [0.29, 0.717) is 0 Å². The lowest BCUT2D eigenvalue weighted by Crippen LogP contribution is -1.93. The molecular formula is C18H17N3OS. The van der Waals surface area contributed by atoms with Gasteiger partial charge in [-0.15, -0.1) is 11.3 Å². The molecule has 0 radical (unpaired) electrons. The van der Waals surface area contributed by atoms with Crippen molar-refractivity contribution >= 4 is 33.3 Å². The van der Waals surface area contributed by atoms with Crippen LogP contribution in [-0.2, 0) is 4.74 Å². The van der Waals surface area contributed by atoms with Crippen LogP contribution in [0.1, 0.15) is 22.6 Å². The van der Waals surface area contributed by atoms with Gasteiger partial charge in [0.2, 0.25) is 0 Å². The van der Waals surface area contributed by atoms with Crippen molar-refractivity contribution in [3.63, 3.8) is 0 Å². The molecule has 3 aromatic rings. The molecule has 0 aliphatic carbocycles. The zero-order valence-corrected chi connectivity index (χ0v) is 14.0. The Kier molecular flexibility index (Phi) is 3.23. The van der Waals surface area contributed by atoms with Crippen LogP contribution in [0.3, 0.4) is 0 Å². The van der Waals surface area contributed by atoms with Crippen LogP contribution in [0.5, 0.6) is 0 Å². The minimum Gasteiger partial charge on any atom is -0.494 e. The predicted octanol–water partition coefficient (Wildman–Crippen LogP) is 4.55. The molecule has 0 fully saturated rings. The molecule has 4 nitrogen and oxygen atoms in total. The second-order valence-electron chi connectivity index (χ2n) is 5.67. The fourth-order valence-corrected chi connectivity index (χ4v) is 3.63. The van der Waals surface area contributed by atoms with Crippen molar-refractivity contribution in [2.24, 2.45) is 4.99 Å². The Morgan fingerprint density at radius 3 is 2.78 bits per heavy atom. The first-order chi connectivity index (χ1) is 11.1. The first kappa shape index (κ1) is 14.1. The summed E-state index contributed by atoms with van der Waals surface area (Å²) in [7, 11) is 1.68. The van der Waals surface area contributed by atoms with Crippen LogP contribution < -0.4 is 0 Å². The number of H-pyrrole nitrogens is 2. The fraction of sp³-hybridized carbons (Fsp3) is 0.167. The lowest BCUT2D eigenvalue weighted by Gasteiger charge is -2.01. The first-order valence-corrected chi connectivity index (χ1v) is 8.31. The molecular weight excluding hydrogens is 306 g/mol. The van der Waals surface area contributed by atoms with E-state index in [-0.39, 0.29) is 0 Å². The highest BCUT2D eigenvalue weighted by atomic mass is 32.1. The van der Waals surface area contributed by atoms with Gasteiger partial charge in [0.15, 0.2) is 0 Å². The third-order valence-electron chi connectivity index (χ3n) is 3.97. The fourth-order valence-electron chi connectivity index (χ4n) is 2.84. The lowest BCUT2D eigenvalue weighted by atomic mass is 10.2. The van der Waals surface area contributed by atoms with Crippen LogP contribution >= 0.6 is 11.3 Å². The molecule has 0 spiro atoms. The van der Waals surface area contributed by atoms with E-state index >= 15 is 0 Å². The largest absolute Gasteiger partial charge is 0.494 e. The second-order valence-corrected chi connectivity index (χ2v) is 6.62. The molecule has 1 aliphatic rings. The number of hydrogen-bond acceptors (Lipinski definition) is 3. The van der Waals surface area contributed by atoms with Gasteiger partial charge in [0, 0.05) is 17.5 Å². The molecule has 0 amide bonds. The number of allylic oxidation sites excluding steroid dienone is 1. The van der Waals surface area contributed by atoms with Crippen molar-refractivity contribution < 1.29 is 4.74 Å². The molecule has 4 rings (SSSR count). The molecule has 0 bridgehead atoms. The summed E-state index contributed by atoms with van der Waals surface area (Å²) in [6, 6.07) is 6.35. The highest BCUT2D eigenvalue weighted by molar-refractivity contribution is 7.17. The molecule has 116 valence electrons. The molecule has 23 heavy (non-hydrogen) atoms. The number of nitrogens with one attached hydrogen (secondary N) is 2. The third-order valence-corrected chi connectivity index (χ3v) is 4.83. The first-order valence-electron chi connectivity index (χ1n) is 7.43. The number of thiophene rings is 1. The summed E-state index contributed by atoms with van der Waals surface area (Å²) in [4.78, 5) is 11.5. The number of ether oxygens (including phenoxy) is 1. The van der Waals surface area contributed by atoms with Crippen molar-refractivity contribution in [1.29, 1.82) is 0 Å². The number of nitrogens with zero attached hydrogens (tertiary/aromatic N) is 1. The Balaban J connectivity index is 1.76. The lowest BCUT2D eigenvalue weighted by molar-refractivity contribution is 0.303. The Bertz CT molecular complexity index is 953. The van der Waals surface area contributed by atoms with Crippen LogP contribution in [0.4, 0.5) is 0 Å². The van der Waals surface area contributed by atoms with Crippen molar-refractivity contribution in [2.45, 2.75) is 13.8 Å². The normalized spacial score (nSPS) is 16.2. The Morgan fingerprint density at radius 2 is 2.09 bits per heavy atom. The SMILES string of the molecule is COC1=CC(c2cc3sccc3[nH]2)=NC1=Cc1[nH]c(C)cc1C. The van der Waals surface area contributed by atoms with Gasteiger partial charge in [0.25, 0.3) is 0 Å². The molecule has 0 aromatic carbocycles. The summed E-state index contributed by atoms with van der Waals surface area (Å²) in [5.74, 6) is 0.782. The number of rotatable bonds is 3. The average molecular weight is 323 g/mol. The monoisotopic (exact) mass is 323 g/mol. The summed E-state index contributed by atoms with van der Waals surface area (Å²) < 4.78 is 6.74. The van der Waals surface area contributed by atoms with Gasteiger partial charge in [-0.3, -0.25) is 0 Å². The minimum atomic E-state index is 0.782. The number of aromatic amines is 2. The van der Waals surface area contributed by atoms with Gasteiger partial charge in [-0.05, 0) is 49.1 Å². The summed E-state index contributed by atoms with van der Waals surface area (Å²) in [5, 5.41) is 2.08. The maximum absolute atomic E-state index is 5.50. The van der Waals surface area contributed by atoms with E-state index in [1.54, 1.807) is 18.4 Å². The van der Waals surface area contributed by atoms with E-state index in [0.717, 1.165) is 39.8 Å². The molecule has 0 saturated heterocycles. The van der Waals surface area contributed by atoms with Crippen LogP contribution in [0.2, 0.25) is 0 Å². The van der Waals surface area contributed by atoms with Crippen LogP contribution in [0, 0.1) is 13.8 Å². The Hall–Kier alpha value is -2.53. The standard InChI is InChI=1S/C18H17N3OS/c1-10-6-11(2)19-13(10)7-16-17(22-3)8-14(21-16)15-9-18-12(20-15)4-5-23-18/h4-9,19-20H,1-3H3. The number of methoxy groups -OCH3 is 1. The number of aryl methyl sites for hydroxylation is 2. The Morgan fingerprint density at radius 1 is 1.22 bits per heavy atom. The van der Waals surface area contributed by atoms with E-state index in [9.17, 15) is 0 Å². The number of aliphatic imine (C=N–C) groups is 1. The molecule has 0 saturated carbocycles. The molecule has 5 heteroatoms. The predicted molar refractivity (Wildman–Crippen MR) is 96.0 cm³/mol. The van der Waals surface area contributed by atoms with Gasteiger partial charge in [-0.1, -0.05) is 0 Å². The third kappa shape index (κ3) is 2.43. The topological polar surface area (TPSA) is 53.2 Å². The highest BCUT2D eigenvalue weighted by Crippen LogP contribution is 2.28. The molecule has 1 aliphatic heterocycles. The number of aromatic nitrogens is 2. The van der Waals surface area contributed by atoms with Crippen molar-refractivity contribution in [2.75, 3.05) is 7.11 Å². The van der Waals surface area contributed by atoms with E-state index < -0.39 is 0 Å². The van der Waals surface area contributed by atoms with Crippen LogP contribution in [0.15, 0.2) is 46.1 Å². The zero-order valence-electron chi connectivity index (χ0n) is 13.2. The molecule has 2 N–H and O–H groups in total. The maximum Gasteiger partial charge on any atom is 0.146 e.